The standard InChI is InChI=1S/C25H25N5O5/c1-2-25(33)19-17(13-35-24(25)32)23(31)30-12-16-15(11-27-29-7-9-34-10-8-29)14-5-3-4-6-18(14)28-21(16)22(30)20(19)26/h3-6,11,33H,2,7-10,12-13,26H2,1H3/t25-/m0/s1. The van der Waals surface area contributed by atoms with Gasteiger partial charge in [-0.2, -0.15) is 5.10 Å². The summed E-state index contributed by atoms with van der Waals surface area (Å²) in [5, 5.41) is 18.7. The number of carbonyl (C=O) groups is 1. The lowest BCUT2D eigenvalue weighted by Gasteiger charge is -2.33. The minimum Gasteiger partial charge on any atom is -0.458 e. The summed E-state index contributed by atoms with van der Waals surface area (Å²) in [7, 11) is 0. The third-order valence-electron chi connectivity index (χ3n) is 7.13. The molecule has 0 aliphatic carbocycles. The number of pyridine rings is 2. The van der Waals surface area contributed by atoms with Crippen molar-refractivity contribution in [2.45, 2.75) is 32.1 Å². The van der Waals surface area contributed by atoms with Gasteiger partial charge in [-0.15, -0.1) is 0 Å². The molecule has 3 aromatic rings. The number of carbonyl (C=O) groups excluding carboxylic acids is 1. The highest BCUT2D eigenvalue weighted by atomic mass is 16.6. The maximum Gasteiger partial charge on any atom is 0.343 e. The quantitative estimate of drug-likeness (QED) is 0.335. The molecule has 3 N–H and O–H groups in total. The van der Waals surface area contributed by atoms with E-state index in [1.807, 2.05) is 35.5 Å². The van der Waals surface area contributed by atoms with Crippen molar-refractivity contribution in [3.63, 3.8) is 0 Å². The number of hydrazone groups is 1. The van der Waals surface area contributed by atoms with Crippen LogP contribution < -0.4 is 11.3 Å². The summed E-state index contributed by atoms with van der Waals surface area (Å²) in [5.74, 6) is -0.799. The summed E-state index contributed by atoms with van der Waals surface area (Å²) in [6.07, 6.45) is 1.84. The van der Waals surface area contributed by atoms with Crippen LogP contribution in [0.15, 0.2) is 34.2 Å². The number of cyclic esters (lactones) is 1. The van der Waals surface area contributed by atoms with E-state index < -0.39 is 11.6 Å². The first-order chi connectivity index (χ1) is 16.9. The van der Waals surface area contributed by atoms with Crippen LogP contribution in [0.2, 0.25) is 0 Å². The molecule has 35 heavy (non-hydrogen) atoms. The lowest BCUT2D eigenvalue weighted by molar-refractivity contribution is -0.172. The molecule has 2 aromatic heterocycles. The predicted octanol–water partition coefficient (Wildman–Crippen LogP) is 1.33. The number of nitrogens with zero attached hydrogens (tertiary/aromatic N) is 4. The van der Waals surface area contributed by atoms with Crippen molar-refractivity contribution in [1.29, 1.82) is 0 Å². The van der Waals surface area contributed by atoms with Crippen LogP contribution >= 0.6 is 0 Å². The molecule has 6 rings (SSSR count). The molecule has 10 heteroatoms. The summed E-state index contributed by atoms with van der Waals surface area (Å²) in [4.78, 5) is 30.9. The highest BCUT2D eigenvalue weighted by Crippen LogP contribution is 2.44. The number of hydrogen-bond donors (Lipinski definition) is 2. The third-order valence-corrected chi connectivity index (χ3v) is 7.13. The minimum absolute atomic E-state index is 0.0292. The Morgan fingerprint density at radius 2 is 2.00 bits per heavy atom. The van der Waals surface area contributed by atoms with Gasteiger partial charge in [0.1, 0.15) is 6.61 Å². The predicted molar refractivity (Wildman–Crippen MR) is 129 cm³/mol. The van der Waals surface area contributed by atoms with Crippen LogP contribution in [0.4, 0.5) is 5.69 Å². The molecule has 3 aliphatic rings. The molecule has 3 aliphatic heterocycles. The van der Waals surface area contributed by atoms with Crippen molar-refractivity contribution in [2.24, 2.45) is 5.10 Å². The molecule has 0 amide bonds. The highest BCUT2D eigenvalue weighted by molar-refractivity contribution is 6.03. The third kappa shape index (κ3) is 3.10. The lowest BCUT2D eigenvalue weighted by atomic mass is 9.84. The van der Waals surface area contributed by atoms with E-state index in [4.69, 9.17) is 20.2 Å². The van der Waals surface area contributed by atoms with Crippen molar-refractivity contribution in [1.82, 2.24) is 14.6 Å². The van der Waals surface area contributed by atoms with E-state index in [1.165, 1.54) is 0 Å². The van der Waals surface area contributed by atoms with Gasteiger partial charge in [-0.3, -0.25) is 9.80 Å². The number of para-hydroxylation sites is 1. The summed E-state index contributed by atoms with van der Waals surface area (Å²) in [6, 6.07) is 7.71. The van der Waals surface area contributed by atoms with Crippen LogP contribution in [-0.4, -0.2) is 58.2 Å². The van der Waals surface area contributed by atoms with Crippen molar-refractivity contribution in [2.75, 3.05) is 32.0 Å². The fraction of sp³-hybridized carbons (Fsp3) is 0.360. The van der Waals surface area contributed by atoms with Gasteiger partial charge in [0.15, 0.2) is 5.60 Å². The first-order valence-electron chi connectivity index (χ1n) is 11.7. The summed E-state index contributed by atoms with van der Waals surface area (Å²) in [6.45, 7) is 4.32. The van der Waals surface area contributed by atoms with Crippen molar-refractivity contribution in [3.8, 4) is 11.4 Å². The topological polar surface area (TPSA) is 132 Å². The van der Waals surface area contributed by atoms with Crippen molar-refractivity contribution < 1.29 is 19.4 Å². The molecule has 0 spiro atoms. The van der Waals surface area contributed by atoms with E-state index in [0.29, 0.717) is 37.7 Å². The molecular formula is C25H25N5O5. The number of fused-ring (bicyclic) bond motifs is 5. The average Bonchev–Trinajstić information content (AvgIpc) is 3.27. The Labute approximate surface area is 200 Å². The molecule has 0 saturated carbocycles. The Hall–Kier alpha value is -3.76. The van der Waals surface area contributed by atoms with Gasteiger partial charge < -0.3 is 24.9 Å². The number of aromatic nitrogens is 2. The normalized spacial score (nSPS) is 21.2. The number of anilines is 1. The Balaban J connectivity index is 1.60. The molecule has 1 atom stereocenters. The van der Waals surface area contributed by atoms with Gasteiger partial charge in [0.25, 0.3) is 5.56 Å². The number of hydrogen-bond acceptors (Lipinski definition) is 9. The average molecular weight is 476 g/mol. The number of esters is 1. The van der Waals surface area contributed by atoms with Gasteiger partial charge in [0, 0.05) is 22.1 Å². The molecule has 1 fully saturated rings. The van der Waals surface area contributed by atoms with Gasteiger partial charge in [0.05, 0.1) is 67.2 Å². The lowest BCUT2D eigenvalue weighted by Crippen LogP contribution is -2.45. The summed E-state index contributed by atoms with van der Waals surface area (Å²) < 4.78 is 12.1. The van der Waals surface area contributed by atoms with Crippen LogP contribution in [0.1, 0.15) is 35.6 Å². The minimum atomic E-state index is -1.98. The number of nitrogens with two attached hydrogens (primary N) is 1. The number of benzene rings is 1. The first-order valence-corrected chi connectivity index (χ1v) is 11.7. The Morgan fingerprint density at radius 1 is 1.23 bits per heavy atom. The largest absolute Gasteiger partial charge is 0.458 e. The number of aliphatic hydroxyl groups is 1. The number of rotatable bonds is 3. The van der Waals surface area contributed by atoms with Crippen molar-refractivity contribution >= 4 is 28.8 Å². The Bertz CT molecular complexity index is 1470. The summed E-state index contributed by atoms with van der Waals surface area (Å²) >= 11 is 0. The van der Waals surface area contributed by atoms with Gasteiger partial charge in [-0.25, -0.2) is 9.78 Å². The second kappa shape index (κ2) is 7.89. The second-order valence-corrected chi connectivity index (χ2v) is 8.98. The van der Waals surface area contributed by atoms with Crippen molar-refractivity contribution in [3.05, 3.63) is 56.9 Å². The van der Waals surface area contributed by atoms with Crippen LogP contribution in [0, 0.1) is 0 Å². The monoisotopic (exact) mass is 475 g/mol. The molecule has 0 radical (unpaired) electrons. The first kappa shape index (κ1) is 21.8. The molecule has 180 valence electrons. The van der Waals surface area contributed by atoms with Gasteiger partial charge in [-0.1, -0.05) is 25.1 Å². The molecule has 1 saturated heterocycles. The Kier molecular flexibility index (Phi) is 4.90. The number of morpholine rings is 1. The number of ether oxygens (including phenoxy) is 2. The molecule has 0 unspecified atom stereocenters. The zero-order valence-corrected chi connectivity index (χ0v) is 19.3. The van der Waals surface area contributed by atoms with Crippen LogP contribution in [0.3, 0.4) is 0 Å². The summed E-state index contributed by atoms with van der Waals surface area (Å²) in [5.41, 5.74) is 8.19. The number of nitrogen functional groups attached to an aromatic ring is 1. The van der Waals surface area contributed by atoms with E-state index >= 15 is 0 Å². The van der Waals surface area contributed by atoms with E-state index in [2.05, 4.69) is 5.10 Å². The van der Waals surface area contributed by atoms with E-state index in [1.54, 1.807) is 11.5 Å². The van der Waals surface area contributed by atoms with Crippen LogP contribution in [-0.2, 0) is 33.0 Å². The molecule has 5 heterocycles. The zero-order valence-electron chi connectivity index (χ0n) is 19.3. The highest BCUT2D eigenvalue weighted by Gasteiger charge is 2.47. The zero-order chi connectivity index (χ0) is 24.3. The molecule has 1 aromatic carbocycles. The Morgan fingerprint density at radius 3 is 2.77 bits per heavy atom. The van der Waals surface area contributed by atoms with E-state index in [-0.39, 0.29) is 41.9 Å². The van der Waals surface area contributed by atoms with Crippen LogP contribution in [0.25, 0.3) is 22.3 Å². The molecular weight excluding hydrogens is 450 g/mol. The van der Waals surface area contributed by atoms with Gasteiger partial charge in [-0.05, 0) is 12.5 Å². The smallest absolute Gasteiger partial charge is 0.343 e. The van der Waals surface area contributed by atoms with Crippen LogP contribution in [0.5, 0.6) is 0 Å². The SMILES string of the molecule is CC[C@@]1(O)C(=O)OCc2c1c(N)c1n(c2=O)Cc2c-1nc1ccccc1c2C=NN1CCOCC1. The molecule has 10 nitrogen and oxygen atoms in total. The molecule has 0 bridgehead atoms. The van der Waals surface area contributed by atoms with E-state index in [0.717, 1.165) is 22.0 Å². The fourth-order valence-corrected chi connectivity index (χ4v) is 5.24. The fourth-order valence-electron chi connectivity index (χ4n) is 5.24. The maximum atomic E-state index is 13.6. The second-order valence-electron chi connectivity index (χ2n) is 8.98. The van der Waals surface area contributed by atoms with E-state index in [9.17, 15) is 14.7 Å². The maximum absolute atomic E-state index is 13.6. The van der Waals surface area contributed by atoms with Gasteiger partial charge >= 0.3 is 5.97 Å². The van der Waals surface area contributed by atoms with Gasteiger partial charge in [0.2, 0.25) is 0 Å².